The molecule has 21 heavy (non-hydrogen) atoms. The Kier molecular flexibility index (Phi) is 5.87. The summed E-state index contributed by atoms with van der Waals surface area (Å²) in [6, 6.07) is 0.461. The molecular formula is C11H9BrF5NO3. The van der Waals surface area contributed by atoms with E-state index in [1.54, 1.807) is 0 Å². The number of hydrogen-bond donors (Lipinski definition) is 0. The van der Waals surface area contributed by atoms with Gasteiger partial charge in [-0.25, -0.2) is 13.8 Å². The zero-order valence-electron chi connectivity index (χ0n) is 10.5. The zero-order valence-corrected chi connectivity index (χ0v) is 12.1. The number of rotatable bonds is 5. The molecule has 1 rings (SSSR count). The van der Waals surface area contributed by atoms with Crippen LogP contribution in [0.3, 0.4) is 0 Å². The fraction of sp³-hybridized carbons (Fsp3) is 0.455. The molecule has 10 heteroatoms. The highest BCUT2D eigenvalue weighted by Gasteiger charge is 2.33. The van der Waals surface area contributed by atoms with E-state index in [-0.39, 0.29) is 16.6 Å². The lowest BCUT2D eigenvalue weighted by Gasteiger charge is -2.15. The molecule has 0 amide bonds. The van der Waals surface area contributed by atoms with Gasteiger partial charge in [-0.2, -0.15) is 0 Å². The van der Waals surface area contributed by atoms with Gasteiger partial charge in [0.15, 0.2) is 0 Å². The summed E-state index contributed by atoms with van der Waals surface area (Å²) >= 11 is 2.92. The molecule has 1 heterocycles. The fourth-order valence-electron chi connectivity index (χ4n) is 1.52. The third-order valence-electron chi connectivity index (χ3n) is 2.35. The van der Waals surface area contributed by atoms with Gasteiger partial charge in [0.25, 0.3) is 6.43 Å². The number of aromatic nitrogens is 1. The van der Waals surface area contributed by atoms with E-state index in [9.17, 15) is 26.7 Å². The van der Waals surface area contributed by atoms with E-state index in [2.05, 4.69) is 30.4 Å². The number of carbonyl (C=O) groups excluding carboxylic acids is 1. The van der Waals surface area contributed by atoms with Gasteiger partial charge in [0, 0.05) is 17.0 Å². The van der Waals surface area contributed by atoms with Gasteiger partial charge in [0.2, 0.25) is 5.88 Å². The maximum atomic E-state index is 13.0. The monoisotopic (exact) mass is 377 g/mol. The Bertz CT molecular complexity index is 521. The molecule has 4 nitrogen and oxygen atoms in total. The summed E-state index contributed by atoms with van der Waals surface area (Å²) in [6.07, 6.45) is -8.68. The highest BCUT2D eigenvalue weighted by atomic mass is 79.9. The average Bonchev–Trinajstić information content (AvgIpc) is 2.37. The Balaban J connectivity index is 3.32. The molecule has 0 radical (unpaired) electrons. The summed E-state index contributed by atoms with van der Waals surface area (Å²) in [4.78, 5) is 14.7. The maximum Gasteiger partial charge on any atom is 0.574 e. The molecule has 0 aliphatic heterocycles. The Hall–Kier alpha value is -1.45. The lowest BCUT2D eigenvalue weighted by Crippen LogP contribution is -2.19. The minimum Gasteiger partial charge on any atom is -0.469 e. The van der Waals surface area contributed by atoms with Crippen molar-refractivity contribution in [3.05, 3.63) is 22.9 Å². The number of nitrogens with zero attached hydrogens (tertiary/aromatic N) is 1. The number of halogens is 6. The van der Waals surface area contributed by atoms with Crippen LogP contribution in [-0.4, -0.2) is 24.4 Å². The van der Waals surface area contributed by atoms with Crippen LogP contribution in [0.15, 0.2) is 6.07 Å². The quantitative estimate of drug-likeness (QED) is 0.447. The van der Waals surface area contributed by atoms with Crippen molar-refractivity contribution in [2.24, 2.45) is 0 Å². The second kappa shape index (κ2) is 7.01. The average molecular weight is 378 g/mol. The number of pyridine rings is 1. The van der Waals surface area contributed by atoms with E-state index in [1.807, 2.05) is 0 Å². The zero-order chi connectivity index (χ0) is 16.2. The van der Waals surface area contributed by atoms with Crippen LogP contribution < -0.4 is 4.74 Å². The first-order valence-corrected chi connectivity index (χ1v) is 6.49. The molecule has 1 aromatic heterocycles. The summed E-state index contributed by atoms with van der Waals surface area (Å²) in [5, 5.41) is -0.131. The number of esters is 1. The first-order valence-electron chi connectivity index (χ1n) is 5.37. The van der Waals surface area contributed by atoms with Crippen LogP contribution in [0.4, 0.5) is 22.0 Å². The number of methoxy groups -OCH3 is 1. The molecule has 0 saturated heterocycles. The smallest absolute Gasteiger partial charge is 0.469 e. The van der Waals surface area contributed by atoms with Gasteiger partial charge in [-0.05, 0) is 5.56 Å². The summed E-state index contributed by atoms with van der Waals surface area (Å²) in [5.74, 6) is -1.83. The van der Waals surface area contributed by atoms with Crippen molar-refractivity contribution in [2.45, 2.75) is 24.5 Å². The molecule has 0 aromatic carbocycles. The number of ether oxygens (including phenoxy) is 2. The number of carbonyl (C=O) groups is 1. The van der Waals surface area contributed by atoms with Crippen LogP contribution >= 0.6 is 15.9 Å². The summed E-state index contributed by atoms with van der Waals surface area (Å²) < 4.78 is 70.3. The van der Waals surface area contributed by atoms with Crippen molar-refractivity contribution >= 4 is 21.9 Å². The Morgan fingerprint density at radius 2 is 2.05 bits per heavy atom. The topological polar surface area (TPSA) is 48.4 Å². The summed E-state index contributed by atoms with van der Waals surface area (Å²) in [7, 11) is 1.06. The number of alkyl halides is 6. The highest BCUT2D eigenvalue weighted by molar-refractivity contribution is 9.08. The van der Waals surface area contributed by atoms with E-state index < -0.39 is 36.6 Å². The van der Waals surface area contributed by atoms with Crippen LogP contribution in [0.5, 0.6) is 5.88 Å². The third kappa shape index (κ3) is 5.10. The van der Waals surface area contributed by atoms with E-state index in [0.717, 1.165) is 7.11 Å². The Morgan fingerprint density at radius 3 is 2.48 bits per heavy atom. The molecule has 0 aliphatic carbocycles. The summed E-state index contributed by atoms with van der Waals surface area (Å²) in [6.45, 7) is 0. The van der Waals surface area contributed by atoms with Crippen molar-refractivity contribution in [3.63, 3.8) is 0 Å². The molecule has 0 bridgehead atoms. The van der Waals surface area contributed by atoms with Crippen molar-refractivity contribution in [3.8, 4) is 5.88 Å². The first kappa shape index (κ1) is 17.6. The van der Waals surface area contributed by atoms with Crippen molar-refractivity contribution in [2.75, 3.05) is 7.11 Å². The lowest BCUT2D eigenvalue weighted by molar-refractivity contribution is -0.276. The molecule has 118 valence electrons. The standard InChI is InChI=1S/C11H9BrF5NO3/c1-20-9(19)3-5-6(10(13)14)2-8(18-7(5)4-12)21-11(15,16)17/h2,10H,3-4H2,1H3. The molecule has 0 atom stereocenters. The van der Waals surface area contributed by atoms with E-state index in [0.29, 0.717) is 6.07 Å². The highest BCUT2D eigenvalue weighted by Crippen LogP contribution is 2.31. The van der Waals surface area contributed by atoms with E-state index >= 15 is 0 Å². The van der Waals surface area contributed by atoms with Crippen LogP contribution in [0.1, 0.15) is 23.2 Å². The Labute approximate surface area is 124 Å². The summed E-state index contributed by atoms with van der Waals surface area (Å²) in [5.41, 5.74) is -1.11. The van der Waals surface area contributed by atoms with Gasteiger partial charge in [0.05, 0.1) is 19.2 Å². The van der Waals surface area contributed by atoms with Gasteiger partial charge in [-0.1, -0.05) is 15.9 Å². The molecule has 0 spiro atoms. The molecule has 0 fully saturated rings. The molecule has 0 aliphatic rings. The van der Waals surface area contributed by atoms with Gasteiger partial charge in [-0.3, -0.25) is 4.79 Å². The molecular weight excluding hydrogens is 369 g/mol. The van der Waals surface area contributed by atoms with Crippen LogP contribution in [0, 0.1) is 0 Å². The van der Waals surface area contributed by atoms with Crippen LogP contribution in [0.2, 0.25) is 0 Å². The second-order valence-electron chi connectivity index (χ2n) is 3.71. The predicted octanol–water partition coefficient (Wildman–Crippen LogP) is 3.53. The third-order valence-corrected chi connectivity index (χ3v) is 2.88. The van der Waals surface area contributed by atoms with Crippen LogP contribution in [-0.2, 0) is 21.3 Å². The van der Waals surface area contributed by atoms with Gasteiger partial charge < -0.3 is 9.47 Å². The van der Waals surface area contributed by atoms with Gasteiger partial charge in [-0.15, -0.1) is 13.2 Å². The number of hydrogen-bond acceptors (Lipinski definition) is 4. The fourth-order valence-corrected chi connectivity index (χ4v) is 1.98. The minimum atomic E-state index is -5.06. The molecule has 1 aromatic rings. The van der Waals surface area contributed by atoms with Crippen molar-refractivity contribution < 1.29 is 36.2 Å². The van der Waals surface area contributed by atoms with Crippen molar-refractivity contribution in [1.82, 2.24) is 4.98 Å². The maximum absolute atomic E-state index is 13.0. The SMILES string of the molecule is COC(=O)Cc1c(C(F)F)cc(OC(F)(F)F)nc1CBr. The molecule has 0 unspecified atom stereocenters. The van der Waals surface area contributed by atoms with Gasteiger partial charge in [0.1, 0.15) is 0 Å². The van der Waals surface area contributed by atoms with Crippen LogP contribution in [0.25, 0.3) is 0 Å². The predicted molar refractivity (Wildman–Crippen MR) is 64.2 cm³/mol. The van der Waals surface area contributed by atoms with Crippen molar-refractivity contribution in [1.29, 1.82) is 0 Å². The lowest BCUT2D eigenvalue weighted by atomic mass is 10.0. The minimum absolute atomic E-state index is 0.131. The first-order chi connectivity index (χ1) is 9.67. The normalized spacial score (nSPS) is 11.6. The second-order valence-corrected chi connectivity index (χ2v) is 4.27. The van der Waals surface area contributed by atoms with E-state index in [1.165, 1.54) is 0 Å². The molecule has 0 N–H and O–H groups in total. The van der Waals surface area contributed by atoms with E-state index in [4.69, 9.17) is 0 Å². The van der Waals surface area contributed by atoms with Gasteiger partial charge >= 0.3 is 12.3 Å². The largest absolute Gasteiger partial charge is 0.574 e. The Morgan fingerprint density at radius 1 is 1.43 bits per heavy atom. The molecule has 0 saturated carbocycles.